The second kappa shape index (κ2) is 5.94. The molecule has 0 aliphatic heterocycles. The molecule has 0 atom stereocenters. The third-order valence-corrected chi connectivity index (χ3v) is 2.10. The summed E-state index contributed by atoms with van der Waals surface area (Å²) >= 11 is 0. The number of ether oxygens (including phenoxy) is 2. The first-order valence-electron chi connectivity index (χ1n) is 4.91. The monoisotopic (exact) mass is 242 g/mol. The molecule has 0 aromatic carbocycles. The van der Waals surface area contributed by atoms with E-state index in [1.54, 1.807) is 0 Å². The first-order chi connectivity index (χ1) is 8.13. The fourth-order valence-corrected chi connectivity index (χ4v) is 1.27. The van der Waals surface area contributed by atoms with Crippen LogP contribution in [0.5, 0.6) is 0 Å². The van der Waals surface area contributed by atoms with E-state index in [1.165, 1.54) is 18.9 Å². The molecule has 1 rings (SSSR count). The minimum absolute atomic E-state index is 0.00588. The zero-order chi connectivity index (χ0) is 12.8. The van der Waals surface area contributed by atoms with Crippen molar-refractivity contribution in [1.29, 1.82) is 0 Å². The summed E-state index contributed by atoms with van der Waals surface area (Å²) in [5.41, 5.74) is 5.74. The number of nitrogens with two attached hydrogens (primary N) is 1. The molecule has 8 nitrogen and oxygen atoms in total. The standard InChI is InChI=1S/C9H14N4O4/c1-16-7(14)5-6-8(9(15)17-2)11-12-13(6)4-3-10/h3-5,10H2,1-2H3. The van der Waals surface area contributed by atoms with E-state index in [0.29, 0.717) is 18.8 Å². The van der Waals surface area contributed by atoms with E-state index in [-0.39, 0.29) is 12.1 Å². The van der Waals surface area contributed by atoms with Crippen molar-refractivity contribution in [2.24, 2.45) is 5.73 Å². The molecule has 17 heavy (non-hydrogen) atoms. The number of aromatic nitrogens is 3. The predicted molar refractivity (Wildman–Crippen MR) is 56.1 cm³/mol. The first-order valence-corrected chi connectivity index (χ1v) is 4.91. The van der Waals surface area contributed by atoms with E-state index in [2.05, 4.69) is 19.8 Å². The lowest BCUT2D eigenvalue weighted by molar-refractivity contribution is -0.139. The van der Waals surface area contributed by atoms with Gasteiger partial charge in [0.25, 0.3) is 0 Å². The molecule has 0 radical (unpaired) electrons. The van der Waals surface area contributed by atoms with Gasteiger partial charge in [-0.1, -0.05) is 5.21 Å². The average molecular weight is 242 g/mol. The Balaban J connectivity index is 3.05. The zero-order valence-electron chi connectivity index (χ0n) is 9.67. The molecule has 94 valence electrons. The number of carbonyl (C=O) groups excluding carboxylic acids is 2. The lowest BCUT2D eigenvalue weighted by Gasteiger charge is -2.05. The fourth-order valence-electron chi connectivity index (χ4n) is 1.27. The van der Waals surface area contributed by atoms with Crippen molar-refractivity contribution in [1.82, 2.24) is 15.0 Å². The highest BCUT2D eigenvalue weighted by Gasteiger charge is 2.22. The fraction of sp³-hybridized carbons (Fsp3) is 0.556. The van der Waals surface area contributed by atoms with E-state index in [1.807, 2.05) is 0 Å². The van der Waals surface area contributed by atoms with Gasteiger partial charge in [0, 0.05) is 6.54 Å². The van der Waals surface area contributed by atoms with Gasteiger partial charge in [0.15, 0.2) is 5.69 Å². The summed E-state index contributed by atoms with van der Waals surface area (Å²) in [4.78, 5) is 22.6. The Labute approximate surface area is 97.7 Å². The largest absolute Gasteiger partial charge is 0.469 e. The summed E-state index contributed by atoms with van der Waals surface area (Å²) in [5, 5.41) is 7.41. The number of rotatable bonds is 5. The third kappa shape index (κ3) is 3.00. The third-order valence-electron chi connectivity index (χ3n) is 2.10. The van der Waals surface area contributed by atoms with Gasteiger partial charge in [-0.25, -0.2) is 9.48 Å². The van der Waals surface area contributed by atoms with E-state index in [0.717, 1.165) is 0 Å². The zero-order valence-corrected chi connectivity index (χ0v) is 9.67. The lowest BCUT2D eigenvalue weighted by atomic mass is 10.2. The Bertz CT molecular complexity index is 415. The van der Waals surface area contributed by atoms with Crippen molar-refractivity contribution in [3.05, 3.63) is 11.4 Å². The minimum atomic E-state index is -0.646. The van der Waals surface area contributed by atoms with Crippen molar-refractivity contribution < 1.29 is 19.1 Å². The average Bonchev–Trinajstić information content (AvgIpc) is 2.72. The SMILES string of the molecule is COC(=O)Cc1c(C(=O)OC)nnn1CCN. The van der Waals surface area contributed by atoms with Gasteiger partial charge < -0.3 is 15.2 Å². The topological polar surface area (TPSA) is 109 Å². The van der Waals surface area contributed by atoms with Gasteiger partial charge in [0.2, 0.25) is 0 Å². The van der Waals surface area contributed by atoms with Crippen LogP contribution in [0.2, 0.25) is 0 Å². The Morgan fingerprint density at radius 3 is 2.59 bits per heavy atom. The number of hydrogen-bond acceptors (Lipinski definition) is 7. The molecule has 0 aliphatic carbocycles. The molecule has 2 N–H and O–H groups in total. The Morgan fingerprint density at radius 1 is 1.35 bits per heavy atom. The smallest absolute Gasteiger partial charge is 0.360 e. The second-order valence-corrected chi connectivity index (χ2v) is 3.14. The molecular formula is C9H14N4O4. The molecule has 1 aromatic heterocycles. The molecule has 0 bridgehead atoms. The molecule has 8 heteroatoms. The van der Waals surface area contributed by atoms with E-state index in [9.17, 15) is 9.59 Å². The van der Waals surface area contributed by atoms with Crippen molar-refractivity contribution in [2.45, 2.75) is 13.0 Å². The van der Waals surface area contributed by atoms with Gasteiger partial charge >= 0.3 is 11.9 Å². The number of hydrogen-bond donors (Lipinski definition) is 1. The molecular weight excluding hydrogens is 228 g/mol. The van der Waals surface area contributed by atoms with Crippen LogP contribution in [-0.2, 0) is 27.2 Å². The number of nitrogens with zero attached hydrogens (tertiary/aromatic N) is 3. The van der Waals surface area contributed by atoms with Crippen LogP contribution in [0.3, 0.4) is 0 Å². The Morgan fingerprint density at radius 2 is 2.06 bits per heavy atom. The molecule has 0 saturated carbocycles. The molecule has 0 spiro atoms. The molecule has 0 aliphatic rings. The van der Waals surface area contributed by atoms with Crippen LogP contribution in [0.4, 0.5) is 0 Å². The highest BCUT2D eigenvalue weighted by atomic mass is 16.5. The molecule has 0 saturated heterocycles. The van der Waals surface area contributed by atoms with Gasteiger partial charge in [0.05, 0.1) is 32.9 Å². The maximum Gasteiger partial charge on any atom is 0.360 e. The summed E-state index contributed by atoms with van der Waals surface area (Å²) in [6, 6.07) is 0. The van der Waals surface area contributed by atoms with Crippen LogP contribution < -0.4 is 5.73 Å². The molecule has 0 unspecified atom stereocenters. The van der Waals surface area contributed by atoms with Gasteiger partial charge in [-0.3, -0.25) is 4.79 Å². The maximum absolute atomic E-state index is 11.4. The van der Waals surface area contributed by atoms with E-state index >= 15 is 0 Å². The Hall–Kier alpha value is -1.96. The molecule has 1 heterocycles. The second-order valence-electron chi connectivity index (χ2n) is 3.14. The van der Waals surface area contributed by atoms with Crippen molar-refractivity contribution in [2.75, 3.05) is 20.8 Å². The highest BCUT2D eigenvalue weighted by molar-refractivity contribution is 5.89. The predicted octanol–water partition coefficient (Wildman–Crippen LogP) is -1.26. The van der Waals surface area contributed by atoms with E-state index in [4.69, 9.17) is 5.73 Å². The molecule has 1 aromatic rings. The van der Waals surface area contributed by atoms with Crippen LogP contribution in [0.15, 0.2) is 0 Å². The van der Waals surface area contributed by atoms with Crippen LogP contribution in [-0.4, -0.2) is 47.7 Å². The summed E-state index contributed by atoms with van der Waals surface area (Å²) in [7, 11) is 2.49. The molecule has 0 amide bonds. The Kier molecular flexibility index (Phi) is 4.58. The number of carbonyl (C=O) groups is 2. The summed E-state index contributed by atoms with van der Waals surface area (Å²) in [5.74, 6) is -1.14. The van der Waals surface area contributed by atoms with Gasteiger partial charge in [-0.05, 0) is 0 Å². The van der Waals surface area contributed by atoms with Crippen molar-refractivity contribution >= 4 is 11.9 Å². The summed E-state index contributed by atoms with van der Waals surface area (Å²) in [6.07, 6.45) is -0.103. The normalized spacial score (nSPS) is 10.1. The first kappa shape index (κ1) is 13.1. The number of esters is 2. The maximum atomic E-state index is 11.4. The lowest BCUT2D eigenvalue weighted by Crippen LogP contribution is -2.18. The molecule has 0 fully saturated rings. The van der Waals surface area contributed by atoms with Crippen LogP contribution >= 0.6 is 0 Å². The minimum Gasteiger partial charge on any atom is -0.469 e. The summed E-state index contributed by atoms with van der Waals surface area (Å²) in [6.45, 7) is 0.675. The van der Waals surface area contributed by atoms with Crippen molar-refractivity contribution in [3.63, 3.8) is 0 Å². The van der Waals surface area contributed by atoms with Gasteiger partial charge in [-0.15, -0.1) is 5.10 Å². The van der Waals surface area contributed by atoms with Crippen LogP contribution in [0.1, 0.15) is 16.2 Å². The number of methoxy groups -OCH3 is 2. The van der Waals surface area contributed by atoms with Crippen molar-refractivity contribution in [3.8, 4) is 0 Å². The quantitative estimate of drug-likeness (QED) is 0.641. The van der Waals surface area contributed by atoms with Gasteiger partial charge in [-0.2, -0.15) is 0 Å². The highest BCUT2D eigenvalue weighted by Crippen LogP contribution is 2.08. The van der Waals surface area contributed by atoms with Crippen LogP contribution in [0, 0.1) is 0 Å². The van der Waals surface area contributed by atoms with Gasteiger partial charge in [0.1, 0.15) is 0 Å². The summed E-state index contributed by atoms with van der Waals surface area (Å²) < 4.78 is 10.5. The van der Waals surface area contributed by atoms with Crippen LogP contribution in [0.25, 0.3) is 0 Å². The van der Waals surface area contributed by atoms with E-state index < -0.39 is 11.9 Å².